The van der Waals surface area contributed by atoms with E-state index in [0.29, 0.717) is 0 Å². The average molecular weight is 264 g/mol. The van der Waals surface area contributed by atoms with Gasteiger partial charge in [0, 0.05) is 11.6 Å². The molecule has 2 aromatic rings. The van der Waals surface area contributed by atoms with E-state index >= 15 is 0 Å². The highest BCUT2D eigenvalue weighted by Crippen LogP contribution is 2.22. The fourth-order valence-corrected chi connectivity index (χ4v) is 1.53. The SMILES string of the molecule is CC(OC(=O)c1ccnnc1)c1ccc(F)cc1F. The quantitative estimate of drug-likeness (QED) is 0.800. The number of carbonyl (C=O) groups is 1. The predicted octanol–water partition coefficient (Wildman–Crippen LogP) is 2.67. The van der Waals surface area contributed by atoms with Crippen molar-refractivity contribution in [1.82, 2.24) is 10.2 Å². The molecule has 0 spiro atoms. The Labute approximate surface area is 108 Å². The Bertz CT molecular complexity index is 590. The molecule has 0 aliphatic rings. The Kier molecular flexibility index (Phi) is 3.79. The summed E-state index contributed by atoms with van der Waals surface area (Å²) in [6, 6.07) is 4.53. The molecule has 6 heteroatoms. The van der Waals surface area contributed by atoms with Gasteiger partial charge in [-0.3, -0.25) is 0 Å². The molecule has 0 radical (unpaired) electrons. The number of ether oxygens (including phenoxy) is 1. The lowest BCUT2D eigenvalue weighted by Gasteiger charge is -2.14. The van der Waals surface area contributed by atoms with Crippen molar-refractivity contribution >= 4 is 5.97 Å². The molecular formula is C13H10F2N2O2. The zero-order chi connectivity index (χ0) is 13.8. The molecule has 1 atom stereocenters. The van der Waals surface area contributed by atoms with Crippen LogP contribution in [0.5, 0.6) is 0 Å². The molecule has 0 saturated carbocycles. The lowest BCUT2D eigenvalue weighted by atomic mass is 10.1. The molecule has 1 aromatic carbocycles. The van der Waals surface area contributed by atoms with Crippen LogP contribution < -0.4 is 0 Å². The summed E-state index contributed by atoms with van der Waals surface area (Å²) in [4.78, 5) is 11.7. The topological polar surface area (TPSA) is 52.1 Å². The molecule has 19 heavy (non-hydrogen) atoms. The maximum atomic E-state index is 13.5. The second kappa shape index (κ2) is 5.51. The van der Waals surface area contributed by atoms with E-state index in [1.807, 2.05) is 0 Å². The summed E-state index contributed by atoms with van der Waals surface area (Å²) in [6.45, 7) is 1.50. The van der Waals surface area contributed by atoms with Gasteiger partial charge in [0.1, 0.15) is 17.7 Å². The Morgan fingerprint density at radius 2 is 2.05 bits per heavy atom. The van der Waals surface area contributed by atoms with Crippen LogP contribution in [0.25, 0.3) is 0 Å². The number of esters is 1. The van der Waals surface area contributed by atoms with Crippen molar-refractivity contribution in [3.8, 4) is 0 Å². The number of benzene rings is 1. The zero-order valence-corrected chi connectivity index (χ0v) is 10.0. The summed E-state index contributed by atoms with van der Waals surface area (Å²) < 4.78 is 31.3. The van der Waals surface area contributed by atoms with E-state index in [-0.39, 0.29) is 11.1 Å². The zero-order valence-electron chi connectivity index (χ0n) is 10.0. The third kappa shape index (κ3) is 3.09. The van der Waals surface area contributed by atoms with Gasteiger partial charge < -0.3 is 4.74 Å². The predicted molar refractivity (Wildman–Crippen MR) is 62.2 cm³/mol. The monoisotopic (exact) mass is 264 g/mol. The number of nitrogens with zero attached hydrogens (tertiary/aromatic N) is 2. The van der Waals surface area contributed by atoms with E-state index in [1.54, 1.807) is 0 Å². The van der Waals surface area contributed by atoms with E-state index < -0.39 is 23.7 Å². The van der Waals surface area contributed by atoms with Gasteiger partial charge in [0.2, 0.25) is 0 Å². The Balaban J connectivity index is 2.13. The van der Waals surface area contributed by atoms with Crippen LogP contribution in [0.4, 0.5) is 8.78 Å². The van der Waals surface area contributed by atoms with Crippen LogP contribution in [-0.4, -0.2) is 16.2 Å². The summed E-state index contributed by atoms with van der Waals surface area (Å²) in [7, 11) is 0. The van der Waals surface area contributed by atoms with Crippen molar-refractivity contribution in [2.75, 3.05) is 0 Å². The first-order chi connectivity index (χ1) is 9.08. The van der Waals surface area contributed by atoms with Crippen LogP contribution in [0.3, 0.4) is 0 Å². The van der Waals surface area contributed by atoms with Crippen LogP contribution >= 0.6 is 0 Å². The van der Waals surface area contributed by atoms with E-state index in [9.17, 15) is 13.6 Å². The van der Waals surface area contributed by atoms with Gasteiger partial charge in [-0.15, -0.1) is 0 Å². The van der Waals surface area contributed by atoms with E-state index in [1.165, 1.54) is 31.5 Å². The summed E-state index contributed by atoms with van der Waals surface area (Å²) in [5.41, 5.74) is 0.320. The van der Waals surface area contributed by atoms with E-state index in [4.69, 9.17) is 4.74 Å². The molecule has 1 unspecified atom stereocenters. The molecule has 0 aliphatic heterocycles. The first-order valence-electron chi connectivity index (χ1n) is 5.50. The number of carbonyl (C=O) groups excluding carboxylic acids is 1. The van der Waals surface area contributed by atoms with E-state index in [0.717, 1.165) is 12.1 Å². The van der Waals surface area contributed by atoms with Crippen LogP contribution in [-0.2, 0) is 4.74 Å². The summed E-state index contributed by atoms with van der Waals surface area (Å²) in [5.74, 6) is -2.09. The smallest absolute Gasteiger partial charge is 0.340 e. The molecule has 2 rings (SSSR count). The maximum Gasteiger partial charge on any atom is 0.340 e. The van der Waals surface area contributed by atoms with Crippen molar-refractivity contribution < 1.29 is 18.3 Å². The van der Waals surface area contributed by atoms with Crippen LogP contribution in [0.2, 0.25) is 0 Å². The summed E-state index contributed by atoms with van der Waals surface area (Å²) in [5, 5.41) is 7.07. The number of hydrogen-bond donors (Lipinski definition) is 0. The molecule has 0 saturated heterocycles. The highest BCUT2D eigenvalue weighted by Gasteiger charge is 2.17. The van der Waals surface area contributed by atoms with Gasteiger partial charge in [0.25, 0.3) is 0 Å². The van der Waals surface area contributed by atoms with Gasteiger partial charge in [-0.1, -0.05) is 0 Å². The minimum Gasteiger partial charge on any atom is -0.454 e. The third-order valence-corrected chi connectivity index (χ3v) is 2.50. The molecule has 0 fully saturated rings. The first-order valence-corrected chi connectivity index (χ1v) is 5.50. The van der Waals surface area contributed by atoms with Gasteiger partial charge in [-0.2, -0.15) is 10.2 Å². The Morgan fingerprint density at radius 3 is 2.68 bits per heavy atom. The molecule has 0 amide bonds. The number of hydrogen-bond acceptors (Lipinski definition) is 4. The normalized spacial score (nSPS) is 11.9. The van der Waals surface area contributed by atoms with Crippen molar-refractivity contribution in [2.45, 2.75) is 13.0 Å². The van der Waals surface area contributed by atoms with Crippen LogP contribution in [0, 0.1) is 11.6 Å². The van der Waals surface area contributed by atoms with Crippen molar-refractivity contribution in [1.29, 1.82) is 0 Å². The van der Waals surface area contributed by atoms with Crippen molar-refractivity contribution in [3.63, 3.8) is 0 Å². The lowest BCUT2D eigenvalue weighted by molar-refractivity contribution is 0.0330. The van der Waals surface area contributed by atoms with Gasteiger partial charge in [0.05, 0.1) is 18.0 Å². The number of halogens is 2. The summed E-state index contributed by atoms with van der Waals surface area (Å²) >= 11 is 0. The van der Waals surface area contributed by atoms with Gasteiger partial charge in [-0.25, -0.2) is 13.6 Å². The molecule has 0 aliphatic carbocycles. The lowest BCUT2D eigenvalue weighted by Crippen LogP contribution is -2.11. The van der Waals surface area contributed by atoms with Gasteiger partial charge >= 0.3 is 5.97 Å². The van der Waals surface area contributed by atoms with Crippen molar-refractivity contribution in [3.05, 3.63) is 59.4 Å². The minimum absolute atomic E-state index is 0.108. The van der Waals surface area contributed by atoms with Crippen LogP contribution in [0.15, 0.2) is 36.7 Å². The molecule has 4 nitrogen and oxygen atoms in total. The Hall–Kier alpha value is -2.37. The van der Waals surface area contributed by atoms with E-state index in [2.05, 4.69) is 10.2 Å². The minimum atomic E-state index is -0.832. The molecule has 98 valence electrons. The van der Waals surface area contributed by atoms with Crippen LogP contribution in [0.1, 0.15) is 28.9 Å². The second-order valence-corrected chi connectivity index (χ2v) is 3.84. The fraction of sp³-hybridized carbons (Fsp3) is 0.154. The molecule has 0 bridgehead atoms. The first kappa shape index (κ1) is 13.1. The summed E-state index contributed by atoms with van der Waals surface area (Å²) in [6.07, 6.45) is 1.76. The molecule has 1 heterocycles. The largest absolute Gasteiger partial charge is 0.454 e. The van der Waals surface area contributed by atoms with Gasteiger partial charge in [0.15, 0.2) is 0 Å². The molecule has 0 N–H and O–H groups in total. The number of rotatable bonds is 3. The fourth-order valence-electron chi connectivity index (χ4n) is 1.53. The average Bonchev–Trinajstić information content (AvgIpc) is 2.39. The second-order valence-electron chi connectivity index (χ2n) is 3.84. The third-order valence-electron chi connectivity index (χ3n) is 2.50. The molecular weight excluding hydrogens is 254 g/mol. The number of aromatic nitrogens is 2. The highest BCUT2D eigenvalue weighted by atomic mass is 19.1. The maximum absolute atomic E-state index is 13.5. The van der Waals surface area contributed by atoms with Gasteiger partial charge in [-0.05, 0) is 25.1 Å². The Morgan fingerprint density at radius 1 is 1.26 bits per heavy atom. The van der Waals surface area contributed by atoms with Crippen molar-refractivity contribution in [2.24, 2.45) is 0 Å². The standard InChI is InChI=1S/C13H10F2N2O2/c1-8(11-3-2-10(14)6-12(11)15)19-13(18)9-4-5-16-17-7-9/h2-8H,1H3. The highest BCUT2D eigenvalue weighted by molar-refractivity contribution is 5.88. The molecule has 1 aromatic heterocycles.